The zero-order chi connectivity index (χ0) is 37.1. The highest BCUT2D eigenvalue weighted by Crippen LogP contribution is 2.44. The number of alkyl halides is 2. The fraction of sp³-hybridized carbons (Fsp3) is 0.472. The predicted molar refractivity (Wildman–Crippen MR) is 178 cm³/mol. The number of aromatic nitrogens is 3. The van der Waals surface area contributed by atoms with Gasteiger partial charge in [-0.25, -0.2) is 22.5 Å². The minimum atomic E-state index is -3.06. The number of terminal acetylenes is 1. The van der Waals surface area contributed by atoms with Crippen LogP contribution in [0.25, 0.3) is 32.9 Å². The second-order valence-electron chi connectivity index (χ2n) is 13.5. The van der Waals surface area contributed by atoms with Gasteiger partial charge in [0.05, 0.1) is 23.3 Å². The minimum Gasteiger partial charge on any atom is -0.508 e. The van der Waals surface area contributed by atoms with Crippen molar-refractivity contribution in [3.8, 4) is 41.2 Å². The van der Waals surface area contributed by atoms with Crippen molar-refractivity contribution in [3.05, 3.63) is 41.5 Å². The summed E-state index contributed by atoms with van der Waals surface area (Å²) in [6.45, 7) is 5.83. The number of nitrogens with zero attached hydrogens (tertiary/aromatic N) is 5. The summed E-state index contributed by atoms with van der Waals surface area (Å²) in [5.41, 5.74) is -2.34. The summed E-state index contributed by atoms with van der Waals surface area (Å²) < 4.78 is 96.3. The molecule has 4 aromatic rings. The molecule has 4 atom stereocenters. The number of phenols is 1. The van der Waals surface area contributed by atoms with Crippen LogP contribution in [0, 0.1) is 35.3 Å². The van der Waals surface area contributed by atoms with E-state index in [0.717, 1.165) is 25.0 Å². The van der Waals surface area contributed by atoms with Crippen LogP contribution >= 0.6 is 0 Å². The predicted octanol–water partition coefficient (Wildman–Crippen LogP) is 5.75. The molecule has 3 aliphatic heterocycles. The van der Waals surface area contributed by atoms with E-state index in [1.807, 2.05) is 11.8 Å². The molecule has 9 nitrogen and oxygen atoms in total. The van der Waals surface area contributed by atoms with Crippen LogP contribution in [0.1, 0.15) is 42.8 Å². The van der Waals surface area contributed by atoms with Gasteiger partial charge in [-0.2, -0.15) is 9.97 Å². The van der Waals surface area contributed by atoms with Gasteiger partial charge in [0.25, 0.3) is 0 Å². The monoisotopic (exact) mass is 681 g/mol. The topological polar surface area (TPSA) is 95.9 Å². The summed E-state index contributed by atoms with van der Waals surface area (Å²) in [5.74, 6) is -1.32. The Hall–Kier alpha value is -4.41. The van der Waals surface area contributed by atoms with Crippen LogP contribution in [0.4, 0.5) is 23.4 Å². The SMILES string of the molecule is [2H]C([2H])([2H])Oc1nc(-c2cc(O)cc3ccc(F)c(C#C)c23)c(F)c2nc(OC[C@]3(C)CN(CC)CC[C@@H]3C(F)F)nc(N3C[C@H]4CC[C@@H](C3)N4)c12. The number of hydrogen-bond acceptors (Lipinski definition) is 9. The molecule has 2 aromatic carbocycles. The number of methoxy groups -OCH3 is 1. The van der Waals surface area contributed by atoms with Crippen molar-refractivity contribution in [1.29, 1.82) is 0 Å². The Morgan fingerprint density at radius 3 is 2.61 bits per heavy atom. The highest BCUT2D eigenvalue weighted by atomic mass is 19.3. The van der Waals surface area contributed by atoms with Gasteiger partial charge in [0.2, 0.25) is 12.3 Å². The van der Waals surface area contributed by atoms with Crippen molar-refractivity contribution in [3.63, 3.8) is 0 Å². The van der Waals surface area contributed by atoms with Gasteiger partial charge in [0, 0.05) is 54.0 Å². The zero-order valence-electron chi connectivity index (χ0n) is 30.1. The molecule has 258 valence electrons. The van der Waals surface area contributed by atoms with Gasteiger partial charge >= 0.3 is 6.01 Å². The summed E-state index contributed by atoms with van der Waals surface area (Å²) in [7, 11) is -3.06. The first-order valence-corrected chi connectivity index (χ1v) is 16.3. The molecule has 5 heterocycles. The number of aromatic hydroxyl groups is 1. The molecule has 0 aliphatic carbocycles. The van der Waals surface area contributed by atoms with Gasteiger partial charge in [0.1, 0.15) is 34.0 Å². The number of fused-ring (bicyclic) bond motifs is 4. The Balaban J connectivity index is 1.46. The normalized spacial score (nSPS) is 25.3. The van der Waals surface area contributed by atoms with E-state index in [1.54, 1.807) is 6.92 Å². The van der Waals surface area contributed by atoms with E-state index in [2.05, 4.69) is 31.1 Å². The van der Waals surface area contributed by atoms with Gasteiger partial charge in [-0.3, -0.25) is 0 Å². The summed E-state index contributed by atoms with van der Waals surface area (Å²) in [6.07, 6.45) is 5.10. The van der Waals surface area contributed by atoms with Gasteiger partial charge in [-0.05, 0) is 55.9 Å². The number of likely N-dealkylation sites (tertiary alicyclic amines) is 1. The van der Waals surface area contributed by atoms with E-state index < -0.39 is 53.5 Å². The van der Waals surface area contributed by atoms with Crippen molar-refractivity contribution in [2.45, 2.75) is 51.6 Å². The molecule has 0 spiro atoms. The first kappa shape index (κ1) is 29.5. The van der Waals surface area contributed by atoms with Crippen LogP contribution in [0.15, 0.2) is 24.3 Å². The van der Waals surface area contributed by atoms with Crippen LogP contribution in [-0.2, 0) is 0 Å². The number of hydrogen-bond donors (Lipinski definition) is 2. The first-order chi connectivity index (χ1) is 24.7. The van der Waals surface area contributed by atoms with Gasteiger partial charge in [0.15, 0.2) is 5.82 Å². The largest absolute Gasteiger partial charge is 0.508 e. The van der Waals surface area contributed by atoms with Crippen molar-refractivity contribution in [2.75, 3.05) is 51.3 Å². The lowest BCUT2D eigenvalue weighted by Crippen LogP contribution is -2.52. The van der Waals surface area contributed by atoms with Crippen LogP contribution in [-0.4, -0.2) is 89.8 Å². The van der Waals surface area contributed by atoms with Crippen molar-refractivity contribution in [2.24, 2.45) is 11.3 Å². The van der Waals surface area contributed by atoms with Crippen molar-refractivity contribution >= 4 is 27.5 Å². The number of piperidine rings is 1. The van der Waals surface area contributed by atoms with Gasteiger partial charge in [-0.1, -0.05) is 25.8 Å². The molecule has 0 radical (unpaired) electrons. The summed E-state index contributed by atoms with van der Waals surface area (Å²) in [5, 5.41) is 14.3. The molecule has 3 aliphatic rings. The molecule has 3 saturated heterocycles. The average Bonchev–Trinajstić information content (AvgIpc) is 3.43. The summed E-state index contributed by atoms with van der Waals surface area (Å²) >= 11 is 0. The molecule has 7 rings (SSSR count). The Kier molecular flexibility index (Phi) is 7.71. The molecular formula is C36H38F4N6O3. The molecular weight excluding hydrogens is 640 g/mol. The summed E-state index contributed by atoms with van der Waals surface area (Å²) in [6, 6.07) is 4.76. The van der Waals surface area contributed by atoms with E-state index in [9.17, 15) is 13.9 Å². The van der Waals surface area contributed by atoms with Crippen LogP contribution < -0.4 is 19.7 Å². The van der Waals surface area contributed by atoms with E-state index in [-0.39, 0.29) is 70.0 Å². The Labute approximate surface area is 285 Å². The first-order valence-electron chi connectivity index (χ1n) is 17.8. The van der Waals surface area contributed by atoms with Gasteiger partial charge < -0.3 is 29.7 Å². The molecule has 3 fully saturated rings. The third-order valence-corrected chi connectivity index (χ3v) is 10.3. The van der Waals surface area contributed by atoms with Gasteiger partial charge in [-0.15, -0.1) is 6.42 Å². The maximum absolute atomic E-state index is 17.2. The highest BCUT2D eigenvalue weighted by Gasteiger charge is 2.45. The quantitative estimate of drug-likeness (QED) is 0.178. The minimum absolute atomic E-state index is 0.0408. The van der Waals surface area contributed by atoms with E-state index in [0.29, 0.717) is 32.7 Å². The van der Waals surface area contributed by atoms with E-state index in [4.69, 9.17) is 20.0 Å². The standard InChI is InChI=1S/C36H38F4N6O3/c1-5-23-26(37)10-7-19-13-22(47)14-24(27(19)23)30-29(38)31-28(34(42-30)48-4)33(46-15-20-8-9-21(16-46)41-20)44-35(43-31)49-18-36(3)17-45(6-2)12-11-25(36)32(39)40/h1,7,10,13-14,20-21,25,32,41,47H,6,8-9,11-12,15-18H2,2-4H3/t20-,21+,25-,36+/m1/s1/i4D3. The molecule has 2 N–H and O–H groups in total. The number of rotatable bonds is 8. The number of benzene rings is 2. The highest BCUT2D eigenvalue weighted by molar-refractivity contribution is 6.04. The smallest absolute Gasteiger partial charge is 0.319 e. The molecule has 13 heteroatoms. The number of ether oxygens (including phenoxy) is 2. The molecule has 0 unspecified atom stereocenters. The summed E-state index contributed by atoms with van der Waals surface area (Å²) in [4.78, 5) is 17.4. The number of anilines is 1. The lowest BCUT2D eigenvalue weighted by Gasteiger charge is -2.45. The van der Waals surface area contributed by atoms with Crippen LogP contribution in [0.3, 0.4) is 0 Å². The number of phenolic OH excluding ortho intramolecular Hbond substituents is 1. The van der Waals surface area contributed by atoms with E-state index >= 15 is 8.78 Å². The number of piperazine rings is 1. The molecule has 2 aromatic heterocycles. The van der Waals surface area contributed by atoms with E-state index in [1.165, 1.54) is 12.1 Å². The average molecular weight is 682 g/mol. The number of halogens is 4. The Morgan fingerprint density at radius 1 is 1.14 bits per heavy atom. The maximum Gasteiger partial charge on any atom is 0.319 e. The fourth-order valence-electron chi connectivity index (χ4n) is 7.83. The second-order valence-corrected chi connectivity index (χ2v) is 13.5. The third-order valence-electron chi connectivity index (χ3n) is 10.3. The maximum atomic E-state index is 17.2. The lowest BCUT2D eigenvalue weighted by molar-refractivity contribution is -0.0721. The third kappa shape index (κ3) is 5.84. The number of nitrogens with one attached hydrogen (secondary N) is 1. The van der Waals surface area contributed by atoms with Crippen LogP contribution in [0.5, 0.6) is 17.6 Å². The Bertz CT molecular complexity index is 2070. The fourth-order valence-corrected chi connectivity index (χ4v) is 7.83. The molecule has 0 amide bonds. The molecule has 0 saturated carbocycles. The molecule has 2 bridgehead atoms. The lowest BCUT2D eigenvalue weighted by atomic mass is 9.73. The Morgan fingerprint density at radius 2 is 1.92 bits per heavy atom. The molecule has 49 heavy (non-hydrogen) atoms. The van der Waals surface area contributed by atoms with Crippen molar-refractivity contribution < 1.29 is 36.3 Å². The van der Waals surface area contributed by atoms with Crippen molar-refractivity contribution in [1.82, 2.24) is 25.2 Å². The second kappa shape index (κ2) is 12.8. The number of pyridine rings is 1. The van der Waals surface area contributed by atoms with Crippen LogP contribution in [0.2, 0.25) is 0 Å². The zero-order valence-corrected chi connectivity index (χ0v) is 27.1.